The predicted octanol–water partition coefficient (Wildman–Crippen LogP) is 5.84. The minimum Gasteiger partial charge on any atom is -0.405 e. The highest BCUT2D eigenvalue weighted by atomic mass is 28.4. The molecule has 6 heteroatoms. The zero-order valence-electron chi connectivity index (χ0n) is 25.4. The van der Waals surface area contributed by atoms with Gasteiger partial charge in [0.05, 0.1) is 18.3 Å². The second kappa shape index (κ2) is 13.8. The molecule has 2 N–H and O–H groups in total. The summed E-state index contributed by atoms with van der Waals surface area (Å²) in [5.41, 5.74) is 0.958. The van der Waals surface area contributed by atoms with Crippen LogP contribution in [0.2, 0.25) is 5.04 Å². The molecule has 0 aliphatic carbocycles. The number of aliphatic hydroxyl groups excluding tert-OH is 2. The SMILES string of the molecule is C[C@@H]([C@H](O)[C@H](C)CO)[C@@H]1C[C@@H](C[C@@H](C)O[Si](c2ccccc2)(c2ccccc2)C(C)(C)C)O[C@H](c2ccccc2)O1. The molecule has 1 aliphatic rings. The van der Waals surface area contributed by atoms with E-state index in [0.717, 1.165) is 5.56 Å². The molecule has 41 heavy (non-hydrogen) atoms. The van der Waals surface area contributed by atoms with Crippen molar-refractivity contribution in [3.05, 3.63) is 96.6 Å². The van der Waals surface area contributed by atoms with Crippen molar-refractivity contribution in [2.75, 3.05) is 6.61 Å². The van der Waals surface area contributed by atoms with Crippen molar-refractivity contribution in [1.82, 2.24) is 0 Å². The lowest BCUT2D eigenvalue weighted by Crippen LogP contribution is -2.67. The number of hydrogen-bond acceptors (Lipinski definition) is 5. The van der Waals surface area contributed by atoms with Crippen molar-refractivity contribution in [2.45, 2.75) is 90.1 Å². The van der Waals surface area contributed by atoms with Gasteiger partial charge >= 0.3 is 0 Å². The van der Waals surface area contributed by atoms with E-state index in [9.17, 15) is 10.2 Å². The van der Waals surface area contributed by atoms with Gasteiger partial charge < -0.3 is 24.1 Å². The largest absolute Gasteiger partial charge is 0.405 e. The van der Waals surface area contributed by atoms with E-state index < -0.39 is 20.7 Å². The van der Waals surface area contributed by atoms with Gasteiger partial charge in [-0.05, 0) is 28.8 Å². The van der Waals surface area contributed by atoms with E-state index in [0.29, 0.717) is 12.8 Å². The molecule has 0 radical (unpaired) electrons. The minimum absolute atomic E-state index is 0.0658. The molecule has 1 heterocycles. The summed E-state index contributed by atoms with van der Waals surface area (Å²) in [7, 11) is -2.71. The Morgan fingerprint density at radius 3 is 1.83 bits per heavy atom. The smallest absolute Gasteiger partial charge is 0.261 e. The maximum absolute atomic E-state index is 11.0. The molecule has 1 fully saturated rings. The van der Waals surface area contributed by atoms with Crippen LogP contribution in [0.4, 0.5) is 0 Å². The van der Waals surface area contributed by atoms with Gasteiger partial charge in [0.1, 0.15) is 0 Å². The van der Waals surface area contributed by atoms with Gasteiger partial charge in [0, 0.05) is 36.5 Å². The van der Waals surface area contributed by atoms with Crippen LogP contribution in [0.15, 0.2) is 91.0 Å². The third kappa shape index (κ3) is 7.19. The first-order valence-electron chi connectivity index (χ1n) is 15.0. The highest BCUT2D eigenvalue weighted by Gasteiger charge is 2.51. The number of ether oxygens (including phenoxy) is 2. The Labute approximate surface area is 247 Å². The first kappa shape index (κ1) is 31.6. The van der Waals surface area contributed by atoms with Gasteiger partial charge in [-0.15, -0.1) is 0 Å². The zero-order chi connectivity index (χ0) is 29.6. The quantitative estimate of drug-likeness (QED) is 0.281. The van der Waals surface area contributed by atoms with Gasteiger partial charge in [-0.1, -0.05) is 126 Å². The summed E-state index contributed by atoms with van der Waals surface area (Å²) < 4.78 is 20.4. The molecule has 0 amide bonds. The first-order chi connectivity index (χ1) is 19.6. The fourth-order valence-electron chi connectivity index (χ4n) is 6.25. The molecule has 0 spiro atoms. The molecule has 4 rings (SSSR count). The molecule has 0 unspecified atom stereocenters. The first-order valence-corrected chi connectivity index (χ1v) is 16.9. The summed E-state index contributed by atoms with van der Waals surface area (Å²) in [4.78, 5) is 0. The van der Waals surface area contributed by atoms with E-state index >= 15 is 0 Å². The minimum atomic E-state index is -2.71. The van der Waals surface area contributed by atoms with Crippen molar-refractivity contribution < 1.29 is 24.1 Å². The predicted molar refractivity (Wildman–Crippen MR) is 168 cm³/mol. The van der Waals surface area contributed by atoms with E-state index in [1.807, 2.05) is 44.2 Å². The summed E-state index contributed by atoms with van der Waals surface area (Å²) in [6.07, 6.45) is -0.280. The van der Waals surface area contributed by atoms with Crippen LogP contribution in [-0.2, 0) is 13.9 Å². The Kier molecular flexibility index (Phi) is 10.6. The van der Waals surface area contributed by atoms with Crippen LogP contribution in [0, 0.1) is 11.8 Å². The van der Waals surface area contributed by atoms with Crippen molar-refractivity contribution in [3.8, 4) is 0 Å². The normalized spacial score (nSPS) is 23.0. The molecule has 0 bridgehead atoms. The van der Waals surface area contributed by atoms with Gasteiger partial charge in [-0.25, -0.2) is 0 Å². The third-order valence-corrected chi connectivity index (χ3v) is 13.7. The maximum atomic E-state index is 11.0. The lowest BCUT2D eigenvalue weighted by molar-refractivity contribution is -0.267. The van der Waals surface area contributed by atoms with Crippen molar-refractivity contribution in [2.24, 2.45) is 11.8 Å². The summed E-state index contributed by atoms with van der Waals surface area (Å²) in [6, 6.07) is 31.4. The number of aliphatic hydroxyl groups is 2. The molecule has 1 saturated heterocycles. The molecule has 3 aromatic rings. The number of benzene rings is 3. The lowest BCUT2D eigenvalue weighted by atomic mass is 9.86. The van der Waals surface area contributed by atoms with Crippen molar-refractivity contribution in [1.29, 1.82) is 0 Å². The Balaban J connectivity index is 1.63. The Bertz CT molecular complexity index is 1140. The van der Waals surface area contributed by atoms with Crippen LogP contribution in [0.25, 0.3) is 0 Å². The van der Waals surface area contributed by atoms with Crippen molar-refractivity contribution >= 4 is 18.7 Å². The summed E-state index contributed by atoms with van der Waals surface area (Å²) >= 11 is 0. The summed E-state index contributed by atoms with van der Waals surface area (Å²) in [6.45, 7) is 12.9. The maximum Gasteiger partial charge on any atom is 0.261 e. The second-order valence-corrected chi connectivity index (χ2v) is 17.0. The van der Waals surface area contributed by atoms with Crippen LogP contribution < -0.4 is 10.4 Å². The molecule has 3 aromatic carbocycles. The summed E-state index contributed by atoms with van der Waals surface area (Å²) in [5.74, 6) is -0.398. The fourth-order valence-corrected chi connectivity index (χ4v) is 11.0. The molecule has 222 valence electrons. The highest BCUT2D eigenvalue weighted by Crippen LogP contribution is 2.40. The third-order valence-electron chi connectivity index (χ3n) is 8.57. The van der Waals surface area contributed by atoms with Crippen LogP contribution >= 0.6 is 0 Å². The Morgan fingerprint density at radius 1 is 0.829 bits per heavy atom. The Hall–Kier alpha value is -2.32. The monoisotopic (exact) mass is 576 g/mol. The summed E-state index contributed by atoms with van der Waals surface area (Å²) in [5, 5.41) is 23.0. The molecular formula is C35H48O5Si. The van der Waals surface area contributed by atoms with E-state index in [1.54, 1.807) is 0 Å². The fraction of sp³-hybridized carbons (Fsp3) is 0.486. The molecule has 7 atom stereocenters. The average Bonchev–Trinajstić information content (AvgIpc) is 2.99. The molecule has 0 aromatic heterocycles. The van der Waals surface area contributed by atoms with Crippen LogP contribution in [0.5, 0.6) is 0 Å². The molecule has 5 nitrogen and oxygen atoms in total. The Morgan fingerprint density at radius 2 is 1.34 bits per heavy atom. The van der Waals surface area contributed by atoms with Gasteiger partial charge in [0.15, 0.2) is 6.29 Å². The van der Waals surface area contributed by atoms with Crippen molar-refractivity contribution in [3.63, 3.8) is 0 Å². The van der Waals surface area contributed by atoms with E-state index in [1.165, 1.54) is 10.4 Å². The average molecular weight is 577 g/mol. The van der Waals surface area contributed by atoms with E-state index in [2.05, 4.69) is 88.4 Å². The van der Waals surface area contributed by atoms with E-state index in [-0.39, 0.29) is 41.8 Å². The standard InChI is InChI=1S/C35H48O5Si/c1-25(24-36)33(37)27(3)32-23-29(38-34(39-32)28-16-10-7-11-17-28)22-26(2)40-41(35(4,5)6,30-18-12-8-13-19-30)31-20-14-9-15-21-31/h7-21,25-27,29,32-34,36-37H,22-24H2,1-6H3/t25-,26-,27-,29-,32+,33-,34+/m1/s1. The lowest BCUT2D eigenvalue weighted by Gasteiger charge is -2.46. The number of rotatable bonds is 11. The van der Waals surface area contributed by atoms with Crippen LogP contribution in [0.1, 0.15) is 66.2 Å². The van der Waals surface area contributed by atoms with Gasteiger partial charge in [-0.3, -0.25) is 0 Å². The van der Waals surface area contributed by atoms with Gasteiger partial charge in [-0.2, -0.15) is 0 Å². The molecule has 1 aliphatic heterocycles. The molecular weight excluding hydrogens is 528 g/mol. The highest BCUT2D eigenvalue weighted by molar-refractivity contribution is 6.99. The topological polar surface area (TPSA) is 68.2 Å². The van der Waals surface area contributed by atoms with Crippen LogP contribution in [0.3, 0.4) is 0 Å². The van der Waals surface area contributed by atoms with E-state index in [4.69, 9.17) is 13.9 Å². The van der Waals surface area contributed by atoms with Gasteiger partial charge in [0.2, 0.25) is 0 Å². The molecule has 0 saturated carbocycles. The second-order valence-electron chi connectivity index (χ2n) is 12.7. The van der Waals surface area contributed by atoms with Crippen LogP contribution in [-0.4, -0.2) is 49.6 Å². The van der Waals surface area contributed by atoms with Gasteiger partial charge in [0.25, 0.3) is 8.32 Å². The zero-order valence-corrected chi connectivity index (χ0v) is 26.4. The number of hydrogen-bond donors (Lipinski definition) is 2.